The van der Waals surface area contributed by atoms with Crippen molar-refractivity contribution in [1.82, 2.24) is 19.6 Å². The molecule has 0 aliphatic carbocycles. The molecule has 12 heteroatoms. The van der Waals surface area contributed by atoms with Crippen LogP contribution in [0.15, 0.2) is 48.8 Å². The molecule has 0 spiro atoms. The lowest BCUT2D eigenvalue weighted by Crippen LogP contribution is -2.52. The molecule has 2 heterocycles. The highest BCUT2D eigenvalue weighted by Gasteiger charge is 2.37. The van der Waals surface area contributed by atoms with Crippen LogP contribution in [-0.4, -0.2) is 96.4 Å². The van der Waals surface area contributed by atoms with Crippen LogP contribution in [0.4, 0.5) is 8.78 Å². The first-order valence-corrected chi connectivity index (χ1v) is 13.3. The minimum Gasteiger partial charge on any atom is -0.493 e. The molecule has 1 aromatic heterocycles. The van der Waals surface area contributed by atoms with E-state index in [1.165, 1.54) is 12.0 Å². The summed E-state index contributed by atoms with van der Waals surface area (Å²) in [6.07, 6.45) is 3.72. The molecule has 41 heavy (non-hydrogen) atoms. The molecule has 10 nitrogen and oxygen atoms in total. The molecule has 0 unspecified atom stereocenters. The summed E-state index contributed by atoms with van der Waals surface area (Å²) in [5, 5.41) is 15.9. The summed E-state index contributed by atoms with van der Waals surface area (Å²) in [4.78, 5) is 16.2. The number of hydrogen-bond acceptors (Lipinski definition) is 8. The summed E-state index contributed by atoms with van der Waals surface area (Å²) >= 11 is 0. The van der Waals surface area contributed by atoms with Gasteiger partial charge in [-0.25, -0.2) is 8.78 Å². The van der Waals surface area contributed by atoms with Crippen LogP contribution in [0, 0.1) is 18.6 Å². The summed E-state index contributed by atoms with van der Waals surface area (Å²) in [6.45, 7) is 3.87. The summed E-state index contributed by atoms with van der Waals surface area (Å²) in [5.41, 5.74) is 0.442. The highest BCUT2D eigenvalue weighted by atomic mass is 19.1. The van der Waals surface area contributed by atoms with Crippen LogP contribution in [0.1, 0.15) is 11.1 Å². The van der Waals surface area contributed by atoms with E-state index in [1.807, 2.05) is 36.2 Å². The number of aromatic nitrogens is 2. The summed E-state index contributed by atoms with van der Waals surface area (Å²) < 4.78 is 51.3. The third-order valence-electron chi connectivity index (χ3n) is 6.63. The first-order chi connectivity index (χ1) is 19.7. The van der Waals surface area contributed by atoms with Gasteiger partial charge < -0.3 is 29.0 Å². The molecule has 1 aliphatic heterocycles. The molecule has 4 rings (SSSR count). The number of β-amino-alcohol motifs (C(OH)–C–C–N with tert-alkyl or cyclic N) is 1. The van der Waals surface area contributed by atoms with E-state index < -0.39 is 17.2 Å². The second-order valence-corrected chi connectivity index (χ2v) is 10.2. The molecule has 1 aliphatic rings. The van der Waals surface area contributed by atoms with Crippen LogP contribution in [0.25, 0.3) is 0 Å². The number of carbonyl (C=O) groups is 1. The fourth-order valence-electron chi connectivity index (χ4n) is 4.75. The Morgan fingerprint density at radius 3 is 2.51 bits per heavy atom. The van der Waals surface area contributed by atoms with Gasteiger partial charge in [0, 0.05) is 57.7 Å². The lowest BCUT2D eigenvalue weighted by Gasteiger charge is -2.33. The van der Waals surface area contributed by atoms with Crippen LogP contribution < -0.4 is 14.2 Å². The zero-order valence-electron chi connectivity index (χ0n) is 23.5. The molecule has 0 saturated carbocycles. The van der Waals surface area contributed by atoms with Crippen LogP contribution in [0.5, 0.6) is 17.2 Å². The summed E-state index contributed by atoms with van der Waals surface area (Å²) in [5.74, 6) is -0.745. The first kappa shape index (κ1) is 30.2. The lowest BCUT2D eigenvalue weighted by atomic mass is 10.0. The van der Waals surface area contributed by atoms with E-state index in [9.17, 15) is 18.7 Å². The third-order valence-corrected chi connectivity index (χ3v) is 6.63. The van der Waals surface area contributed by atoms with Crippen molar-refractivity contribution in [1.29, 1.82) is 0 Å². The minimum absolute atomic E-state index is 0.0344. The fourth-order valence-corrected chi connectivity index (χ4v) is 4.75. The number of rotatable bonds is 12. The van der Waals surface area contributed by atoms with Gasteiger partial charge in [0.15, 0.2) is 11.5 Å². The van der Waals surface area contributed by atoms with Gasteiger partial charge in [0.25, 0.3) is 0 Å². The Morgan fingerprint density at radius 2 is 1.83 bits per heavy atom. The molecule has 1 amide bonds. The van der Waals surface area contributed by atoms with E-state index >= 15 is 0 Å². The quantitative estimate of drug-likeness (QED) is 0.353. The molecular weight excluding hydrogens is 538 g/mol. The maximum Gasteiger partial charge on any atom is 0.248 e. The molecule has 1 saturated heterocycles. The van der Waals surface area contributed by atoms with Gasteiger partial charge in [0.1, 0.15) is 42.8 Å². The number of benzene rings is 2. The second-order valence-electron chi connectivity index (χ2n) is 10.2. The van der Waals surface area contributed by atoms with Gasteiger partial charge in [0.2, 0.25) is 5.91 Å². The molecule has 1 fully saturated rings. The third kappa shape index (κ3) is 8.62. The van der Waals surface area contributed by atoms with E-state index in [2.05, 4.69) is 5.10 Å². The number of ether oxygens (including phenoxy) is 4. The Kier molecular flexibility index (Phi) is 10.1. The molecule has 1 N–H and O–H groups in total. The number of aliphatic hydroxyl groups is 1. The van der Waals surface area contributed by atoms with Gasteiger partial charge in [0.05, 0.1) is 26.4 Å². The normalized spacial score (nSPS) is 17.8. The average molecular weight is 575 g/mol. The topological polar surface area (TPSA) is 98.5 Å². The van der Waals surface area contributed by atoms with Crippen LogP contribution in [0.3, 0.4) is 0 Å². The van der Waals surface area contributed by atoms with Gasteiger partial charge in [-0.1, -0.05) is 6.07 Å². The summed E-state index contributed by atoms with van der Waals surface area (Å²) in [6, 6.07) is 8.44. The van der Waals surface area contributed by atoms with Crippen LogP contribution >= 0.6 is 0 Å². The number of halogens is 2. The predicted molar refractivity (Wildman–Crippen MR) is 146 cm³/mol. The lowest BCUT2D eigenvalue weighted by molar-refractivity contribution is -0.138. The van der Waals surface area contributed by atoms with Crippen molar-refractivity contribution in [3.63, 3.8) is 0 Å². The molecule has 222 valence electrons. The zero-order chi connectivity index (χ0) is 29.4. The fraction of sp³-hybridized carbons (Fsp3) is 0.448. The highest BCUT2D eigenvalue weighted by Crippen LogP contribution is 2.29. The Hall–Kier alpha value is -3.74. The van der Waals surface area contributed by atoms with Crippen molar-refractivity contribution in [3.05, 3.63) is 71.6 Å². The maximum atomic E-state index is 13.7. The van der Waals surface area contributed by atoms with Crippen molar-refractivity contribution in [2.24, 2.45) is 0 Å². The van der Waals surface area contributed by atoms with Gasteiger partial charge in [-0.2, -0.15) is 5.10 Å². The van der Waals surface area contributed by atoms with Crippen molar-refractivity contribution in [3.8, 4) is 17.2 Å². The summed E-state index contributed by atoms with van der Waals surface area (Å²) in [7, 11) is 3.00. The SMILES string of the molecule is COCC(=O)N1CCN(Cc2ccc(OC)c(OCCn3cc(C)cn3)c2)C[C@@](O)(COc2cc(F)cc(F)c2)C1. The average Bonchev–Trinajstić information content (AvgIpc) is 3.26. The number of methoxy groups -OCH3 is 2. The van der Waals surface area contributed by atoms with E-state index in [0.29, 0.717) is 44.3 Å². The molecule has 1 atom stereocenters. The van der Waals surface area contributed by atoms with Crippen LogP contribution in [-0.2, 0) is 22.6 Å². The number of nitrogens with zero attached hydrogens (tertiary/aromatic N) is 4. The van der Waals surface area contributed by atoms with Gasteiger partial charge in [-0.3, -0.25) is 14.4 Å². The zero-order valence-corrected chi connectivity index (χ0v) is 23.5. The number of hydrogen-bond donors (Lipinski definition) is 1. The van der Waals surface area contributed by atoms with Crippen LogP contribution in [0.2, 0.25) is 0 Å². The first-order valence-electron chi connectivity index (χ1n) is 13.3. The standard InChI is InChI=1S/C29H36F2N4O6/c1-21-14-32-35(15-21)8-9-40-27-10-22(4-5-26(27)39-3)16-33-6-7-34(28(36)17-38-2)19-29(37,18-33)20-41-25-12-23(30)11-24(31)13-25/h4-5,10-15,37H,6-9,16-20H2,1-3H3/t29-/m0/s1. The van der Waals surface area contributed by atoms with Gasteiger partial charge >= 0.3 is 0 Å². The van der Waals surface area contributed by atoms with Crippen molar-refractivity contribution < 1.29 is 37.6 Å². The molecule has 0 bridgehead atoms. The smallest absolute Gasteiger partial charge is 0.248 e. The van der Waals surface area contributed by atoms with Crippen molar-refractivity contribution >= 4 is 5.91 Å². The largest absolute Gasteiger partial charge is 0.493 e. The van der Waals surface area contributed by atoms with Crippen molar-refractivity contribution in [2.75, 3.05) is 60.2 Å². The number of carbonyl (C=O) groups excluding carboxylic acids is 1. The van der Waals surface area contributed by atoms with Gasteiger partial charge in [-0.15, -0.1) is 0 Å². The Morgan fingerprint density at radius 1 is 1.05 bits per heavy atom. The van der Waals surface area contributed by atoms with E-state index in [0.717, 1.165) is 29.3 Å². The van der Waals surface area contributed by atoms with Gasteiger partial charge in [-0.05, 0) is 30.2 Å². The number of aryl methyl sites for hydroxylation is 1. The molecule has 2 aromatic carbocycles. The predicted octanol–water partition coefficient (Wildman–Crippen LogP) is 2.66. The Balaban J connectivity index is 1.47. The van der Waals surface area contributed by atoms with E-state index in [4.69, 9.17) is 18.9 Å². The molecule has 0 radical (unpaired) electrons. The van der Waals surface area contributed by atoms with E-state index in [1.54, 1.807) is 18.0 Å². The van der Waals surface area contributed by atoms with E-state index in [-0.39, 0.29) is 38.0 Å². The Bertz CT molecular complexity index is 1300. The molecular formula is C29H36F2N4O6. The maximum absolute atomic E-state index is 13.7. The Labute approximate surface area is 238 Å². The monoisotopic (exact) mass is 574 g/mol. The van der Waals surface area contributed by atoms with Crippen molar-refractivity contribution in [2.45, 2.75) is 25.6 Å². The number of amides is 1. The minimum atomic E-state index is -1.53. The molecule has 3 aromatic rings. The second kappa shape index (κ2) is 13.7. The highest BCUT2D eigenvalue weighted by molar-refractivity contribution is 5.77.